The summed E-state index contributed by atoms with van der Waals surface area (Å²) >= 11 is 2.78. The number of para-hydroxylation sites is 2. The van der Waals surface area contributed by atoms with Crippen molar-refractivity contribution in [3.8, 4) is 11.8 Å². The lowest BCUT2D eigenvalue weighted by atomic mass is 9.96. The molecule has 0 spiro atoms. The van der Waals surface area contributed by atoms with E-state index in [4.69, 9.17) is 4.74 Å². The Morgan fingerprint density at radius 1 is 1.31 bits per heavy atom. The van der Waals surface area contributed by atoms with Gasteiger partial charge in [0.25, 0.3) is 5.91 Å². The maximum Gasteiger partial charge on any atom is 0.265 e. The molecule has 1 aromatic carbocycles. The van der Waals surface area contributed by atoms with Crippen molar-refractivity contribution in [2.75, 3.05) is 22.6 Å². The number of thiophene rings is 1. The lowest BCUT2D eigenvalue weighted by molar-refractivity contribution is -0.121. The second kappa shape index (κ2) is 9.71. The summed E-state index contributed by atoms with van der Waals surface area (Å²) in [5.74, 6) is 1.04. The first-order valence-electron chi connectivity index (χ1n) is 11.4. The van der Waals surface area contributed by atoms with Crippen LogP contribution in [0.15, 0.2) is 29.4 Å². The summed E-state index contributed by atoms with van der Waals surface area (Å²) in [6.07, 6.45) is 4.07. The monoisotopic (exact) mass is 508 g/mol. The standard InChI is InChI=1S/C24H24N6O3S2/c1-14(30-17-8-4-5-9-18(17)33-12-21(30)32)22-27-28-24(29(22)2)34-13-20(31)26-23-16(11-25)15-7-3-6-10-19(15)35-23/h4-5,8-9,14H,3,6-7,10,12-13H2,1-2H3,(H,26,31). The van der Waals surface area contributed by atoms with Gasteiger partial charge in [0.05, 0.1) is 23.0 Å². The van der Waals surface area contributed by atoms with Gasteiger partial charge >= 0.3 is 0 Å². The molecular formula is C24H24N6O3S2. The topological polar surface area (TPSA) is 113 Å². The number of nitrogens with one attached hydrogen (secondary N) is 1. The fraction of sp³-hybridized carbons (Fsp3) is 0.375. The third kappa shape index (κ3) is 4.39. The van der Waals surface area contributed by atoms with Crippen molar-refractivity contribution >= 4 is 45.6 Å². The maximum atomic E-state index is 12.7. The Morgan fingerprint density at radius 3 is 2.94 bits per heavy atom. The van der Waals surface area contributed by atoms with E-state index in [0.29, 0.717) is 33.0 Å². The number of rotatable bonds is 6. The van der Waals surface area contributed by atoms with Crippen molar-refractivity contribution in [1.29, 1.82) is 5.26 Å². The molecule has 5 rings (SSSR count). The Labute approximate surface area is 211 Å². The Bertz CT molecular complexity index is 1340. The number of ether oxygens (including phenoxy) is 1. The number of amides is 2. The lowest BCUT2D eigenvalue weighted by Crippen LogP contribution is -2.41. The largest absolute Gasteiger partial charge is 0.482 e. The molecule has 9 nitrogen and oxygen atoms in total. The molecule has 1 aliphatic carbocycles. The van der Waals surface area contributed by atoms with Crippen molar-refractivity contribution < 1.29 is 14.3 Å². The van der Waals surface area contributed by atoms with E-state index in [1.165, 1.54) is 28.0 Å². The molecule has 0 saturated heterocycles. The third-order valence-corrected chi connectivity index (χ3v) is 8.47. The summed E-state index contributed by atoms with van der Waals surface area (Å²) in [5, 5.41) is 22.3. The van der Waals surface area contributed by atoms with E-state index in [0.717, 1.165) is 31.2 Å². The number of hydrogen-bond donors (Lipinski definition) is 1. The molecule has 3 aromatic rings. The van der Waals surface area contributed by atoms with E-state index in [1.807, 2.05) is 38.2 Å². The average molecular weight is 509 g/mol. The zero-order valence-corrected chi connectivity index (χ0v) is 21.0. The molecule has 35 heavy (non-hydrogen) atoms. The highest BCUT2D eigenvalue weighted by atomic mass is 32.2. The molecule has 180 valence electrons. The van der Waals surface area contributed by atoms with E-state index < -0.39 is 0 Å². The summed E-state index contributed by atoms with van der Waals surface area (Å²) in [6.45, 7) is 1.87. The average Bonchev–Trinajstić information content (AvgIpc) is 3.41. The fourth-order valence-corrected chi connectivity index (χ4v) is 6.52. The van der Waals surface area contributed by atoms with Gasteiger partial charge in [0.2, 0.25) is 5.91 Å². The van der Waals surface area contributed by atoms with Crippen LogP contribution in [0.5, 0.6) is 5.75 Å². The summed E-state index contributed by atoms with van der Waals surface area (Å²) < 4.78 is 7.35. The molecule has 0 saturated carbocycles. The minimum atomic E-state index is -0.371. The number of carbonyl (C=O) groups excluding carboxylic acids is 2. The molecule has 11 heteroatoms. The molecule has 1 aliphatic heterocycles. The van der Waals surface area contributed by atoms with Gasteiger partial charge in [-0.3, -0.25) is 14.5 Å². The van der Waals surface area contributed by atoms with Gasteiger partial charge in [0, 0.05) is 11.9 Å². The Kier molecular flexibility index (Phi) is 6.49. The molecule has 2 amide bonds. The second-order valence-electron chi connectivity index (χ2n) is 8.46. The number of carbonyl (C=O) groups is 2. The van der Waals surface area contributed by atoms with Crippen LogP contribution in [0, 0.1) is 11.3 Å². The SMILES string of the molecule is CC(c1nnc(SCC(=O)Nc2sc3c(c2C#N)CCCC3)n1C)N1C(=O)COc2ccccc21. The van der Waals surface area contributed by atoms with Gasteiger partial charge < -0.3 is 14.6 Å². The summed E-state index contributed by atoms with van der Waals surface area (Å²) in [4.78, 5) is 28.2. The van der Waals surface area contributed by atoms with Gasteiger partial charge in [-0.15, -0.1) is 21.5 Å². The van der Waals surface area contributed by atoms with Gasteiger partial charge in [0.15, 0.2) is 17.6 Å². The Morgan fingerprint density at radius 2 is 2.11 bits per heavy atom. The Hall–Kier alpha value is -3.36. The van der Waals surface area contributed by atoms with Gasteiger partial charge in [-0.2, -0.15) is 5.26 Å². The number of benzene rings is 1. The van der Waals surface area contributed by atoms with E-state index >= 15 is 0 Å². The first-order chi connectivity index (χ1) is 17.0. The van der Waals surface area contributed by atoms with Crippen LogP contribution in [0.3, 0.4) is 0 Å². The van der Waals surface area contributed by atoms with E-state index in [9.17, 15) is 14.9 Å². The quantitative estimate of drug-likeness (QED) is 0.503. The van der Waals surface area contributed by atoms with Crippen LogP contribution in [0.1, 0.15) is 47.6 Å². The van der Waals surface area contributed by atoms with Gasteiger partial charge in [-0.25, -0.2) is 0 Å². The minimum absolute atomic E-state index is 0.0299. The summed E-state index contributed by atoms with van der Waals surface area (Å²) in [7, 11) is 1.82. The molecular weight excluding hydrogens is 484 g/mol. The number of anilines is 2. The number of hydrogen-bond acceptors (Lipinski definition) is 8. The normalized spacial score (nSPS) is 15.6. The molecule has 0 radical (unpaired) electrons. The smallest absolute Gasteiger partial charge is 0.265 e. The molecule has 3 heterocycles. The third-order valence-electron chi connectivity index (χ3n) is 6.24. The second-order valence-corrected chi connectivity index (χ2v) is 10.5. The molecule has 2 aliphatic rings. The first-order valence-corrected chi connectivity index (χ1v) is 13.2. The molecule has 2 aromatic heterocycles. The predicted molar refractivity (Wildman–Crippen MR) is 134 cm³/mol. The van der Waals surface area contributed by atoms with Crippen LogP contribution in [0.4, 0.5) is 10.7 Å². The van der Waals surface area contributed by atoms with Crippen molar-refractivity contribution in [2.24, 2.45) is 7.05 Å². The Balaban J connectivity index is 1.27. The summed E-state index contributed by atoms with van der Waals surface area (Å²) in [5.41, 5.74) is 2.39. The van der Waals surface area contributed by atoms with E-state index in [2.05, 4.69) is 21.6 Å². The minimum Gasteiger partial charge on any atom is -0.482 e. The van der Waals surface area contributed by atoms with Crippen LogP contribution in [-0.4, -0.2) is 38.9 Å². The van der Waals surface area contributed by atoms with Gasteiger partial charge in [-0.1, -0.05) is 23.9 Å². The van der Waals surface area contributed by atoms with Crippen molar-refractivity contribution in [3.05, 3.63) is 46.1 Å². The van der Waals surface area contributed by atoms with E-state index in [-0.39, 0.29) is 30.2 Å². The number of aromatic nitrogens is 3. The number of fused-ring (bicyclic) bond motifs is 2. The number of nitrogens with zero attached hydrogens (tertiary/aromatic N) is 5. The zero-order chi connectivity index (χ0) is 24.5. The number of aryl methyl sites for hydroxylation is 1. The van der Waals surface area contributed by atoms with Gasteiger partial charge in [0.1, 0.15) is 16.8 Å². The van der Waals surface area contributed by atoms with E-state index in [1.54, 1.807) is 9.47 Å². The highest BCUT2D eigenvalue weighted by Crippen LogP contribution is 2.38. The highest BCUT2D eigenvalue weighted by Gasteiger charge is 2.32. The molecule has 1 atom stereocenters. The van der Waals surface area contributed by atoms with Crippen LogP contribution in [0.25, 0.3) is 0 Å². The molecule has 1 N–H and O–H groups in total. The lowest BCUT2D eigenvalue weighted by Gasteiger charge is -2.33. The molecule has 1 unspecified atom stereocenters. The highest BCUT2D eigenvalue weighted by molar-refractivity contribution is 7.99. The van der Waals surface area contributed by atoms with Crippen LogP contribution in [0.2, 0.25) is 0 Å². The van der Waals surface area contributed by atoms with Gasteiger partial charge in [-0.05, 0) is 50.3 Å². The summed E-state index contributed by atoms with van der Waals surface area (Å²) in [6, 6.07) is 9.30. The molecule has 0 bridgehead atoms. The fourth-order valence-electron chi connectivity index (χ4n) is 4.54. The zero-order valence-electron chi connectivity index (χ0n) is 19.4. The van der Waals surface area contributed by atoms with Crippen LogP contribution < -0.4 is 15.0 Å². The van der Waals surface area contributed by atoms with Crippen molar-refractivity contribution in [3.63, 3.8) is 0 Å². The molecule has 0 fully saturated rings. The number of nitriles is 1. The van der Waals surface area contributed by atoms with Crippen LogP contribution >= 0.6 is 23.1 Å². The predicted octanol–water partition coefficient (Wildman–Crippen LogP) is 3.84. The maximum absolute atomic E-state index is 12.7. The van der Waals surface area contributed by atoms with Crippen LogP contribution in [-0.2, 0) is 29.5 Å². The number of thioether (sulfide) groups is 1. The van der Waals surface area contributed by atoms with Crippen molar-refractivity contribution in [1.82, 2.24) is 14.8 Å². The van der Waals surface area contributed by atoms with Crippen molar-refractivity contribution in [2.45, 2.75) is 43.8 Å². The first kappa shape index (κ1) is 23.4.